The zero-order chi connectivity index (χ0) is 14.7. The van der Waals surface area contributed by atoms with Crippen molar-refractivity contribution in [2.24, 2.45) is 11.8 Å². The molecule has 1 aliphatic heterocycles. The van der Waals surface area contributed by atoms with E-state index in [2.05, 4.69) is 5.32 Å². The van der Waals surface area contributed by atoms with Gasteiger partial charge in [-0.2, -0.15) is 0 Å². The van der Waals surface area contributed by atoms with Crippen LogP contribution in [0.2, 0.25) is 5.02 Å². The van der Waals surface area contributed by atoms with Gasteiger partial charge in [-0.25, -0.2) is 0 Å². The molecular formula is C14H16ClNO4. The molecule has 0 fully saturated rings. The minimum Gasteiger partial charge on any atom is -0.492 e. The Labute approximate surface area is 121 Å². The van der Waals surface area contributed by atoms with Crippen LogP contribution in [0.3, 0.4) is 0 Å². The molecular weight excluding hydrogens is 282 g/mol. The number of carbonyl (C=O) groups excluding carboxylic acids is 1. The number of ether oxygens (including phenoxy) is 1. The third-order valence-electron chi connectivity index (χ3n) is 3.30. The van der Waals surface area contributed by atoms with E-state index < -0.39 is 11.9 Å². The molecule has 2 N–H and O–H groups in total. The second-order valence-corrected chi connectivity index (χ2v) is 5.38. The van der Waals surface area contributed by atoms with Gasteiger partial charge in [0.2, 0.25) is 5.91 Å². The average molecular weight is 298 g/mol. The number of rotatable bonds is 4. The number of hydrogen-bond acceptors (Lipinski definition) is 3. The number of halogens is 1. The van der Waals surface area contributed by atoms with Crippen molar-refractivity contribution in [2.75, 3.05) is 13.2 Å². The van der Waals surface area contributed by atoms with Gasteiger partial charge in [0, 0.05) is 11.6 Å². The maximum absolute atomic E-state index is 12.0. The molecule has 2 atom stereocenters. The van der Waals surface area contributed by atoms with Gasteiger partial charge in [0.25, 0.3) is 0 Å². The van der Waals surface area contributed by atoms with Gasteiger partial charge in [0.1, 0.15) is 12.4 Å². The third kappa shape index (κ3) is 3.42. The lowest BCUT2D eigenvalue weighted by molar-refractivity contribution is -0.141. The molecule has 0 saturated carbocycles. The van der Waals surface area contributed by atoms with Crippen LogP contribution in [0.25, 0.3) is 0 Å². The molecule has 20 heavy (non-hydrogen) atoms. The summed E-state index contributed by atoms with van der Waals surface area (Å²) in [5.74, 6) is -1.30. The molecule has 1 heterocycles. The summed E-state index contributed by atoms with van der Waals surface area (Å²) in [7, 11) is 0. The normalized spacial score (nSPS) is 18.6. The van der Waals surface area contributed by atoms with Crippen molar-refractivity contribution in [3.8, 4) is 5.75 Å². The van der Waals surface area contributed by atoms with Gasteiger partial charge in [-0.3, -0.25) is 9.59 Å². The van der Waals surface area contributed by atoms with E-state index in [1.165, 1.54) is 0 Å². The lowest BCUT2D eigenvalue weighted by Crippen LogP contribution is -2.40. The van der Waals surface area contributed by atoms with Crippen LogP contribution in [0.5, 0.6) is 5.75 Å². The van der Waals surface area contributed by atoms with Gasteiger partial charge in [-0.15, -0.1) is 0 Å². The molecule has 0 bridgehead atoms. The number of hydrogen-bond donors (Lipinski definition) is 2. The highest BCUT2D eigenvalue weighted by Crippen LogP contribution is 2.29. The van der Waals surface area contributed by atoms with Crippen molar-refractivity contribution < 1.29 is 19.4 Å². The first kappa shape index (κ1) is 14.7. The molecule has 6 heteroatoms. The topological polar surface area (TPSA) is 75.6 Å². The van der Waals surface area contributed by atoms with Crippen LogP contribution in [0.4, 0.5) is 0 Å². The number of benzene rings is 1. The molecule has 2 rings (SSSR count). The molecule has 1 amide bonds. The summed E-state index contributed by atoms with van der Waals surface area (Å²) < 4.78 is 5.53. The molecule has 2 unspecified atom stereocenters. The van der Waals surface area contributed by atoms with Crippen LogP contribution in [-0.4, -0.2) is 30.1 Å². The number of amides is 1. The molecule has 0 aliphatic carbocycles. The fourth-order valence-corrected chi connectivity index (χ4v) is 2.21. The average Bonchev–Trinajstić information content (AvgIpc) is 2.43. The summed E-state index contributed by atoms with van der Waals surface area (Å²) in [5, 5.41) is 12.0. The summed E-state index contributed by atoms with van der Waals surface area (Å²) in [6.07, 6.45) is 0.545. The molecule has 0 spiro atoms. The van der Waals surface area contributed by atoms with E-state index in [1.54, 1.807) is 25.1 Å². The molecule has 0 saturated heterocycles. The maximum atomic E-state index is 12.0. The van der Waals surface area contributed by atoms with E-state index in [0.29, 0.717) is 18.1 Å². The molecule has 1 aliphatic rings. The summed E-state index contributed by atoms with van der Waals surface area (Å²) in [4.78, 5) is 22.7. The fraction of sp³-hybridized carbons (Fsp3) is 0.429. The smallest absolute Gasteiger partial charge is 0.308 e. The predicted octanol–water partition coefficient (Wildman–Crippen LogP) is 1.73. The second kappa shape index (κ2) is 6.13. The summed E-state index contributed by atoms with van der Waals surface area (Å²) in [6, 6.07) is 5.32. The van der Waals surface area contributed by atoms with Gasteiger partial charge < -0.3 is 15.2 Å². The highest BCUT2D eigenvalue weighted by Gasteiger charge is 2.26. The van der Waals surface area contributed by atoms with Gasteiger partial charge in [-0.1, -0.05) is 18.5 Å². The molecule has 108 valence electrons. The van der Waals surface area contributed by atoms with Crippen LogP contribution < -0.4 is 10.1 Å². The van der Waals surface area contributed by atoms with Crippen LogP contribution in [0.15, 0.2) is 18.2 Å². The third-order valence-corrected chi connectivity index (χ3v) is 3.54. The zero-order valence-corrected chi connectivity index (χ0v) is 11.8. The Morgan fingerprint density at radius 2 is 2.30 bits per heavy atom. The van der Waals surface area contributed by atoms with Gasteiger partial charge in [-0.05, 0) is 30.2 Å². The predicted molar refractivity (Wildman–Crippen MR) is 74.0 cm³/mol. The van der Waals surface area contributed by atoms with Crippen LogP contribution in [0, 0.1) is 11.8 Å². The van der Waals surface area contributed by atoms with Crippen molar-refractivity contribution in [1.82, 2.24) is 5.32 Å². The first-order valence-corrected chi connectivity index (χ1v) is 6.77. The number of carboxylic acid groups (broad SMARTS) is 1. The fourth-order valence-electron chi connectivity index (χ4n) is 2.02. The Hall–Kier alpha value is -1.75. The highest BCUT2D eigenvalue weighted by molar-refractivity contribution is 6.30. The van der Waals surface area contributed by atoms with Crippen molar-refractivity contribution in [2.45, 2.75) is 13.3 Å². The lowest BCUT2D eigenvalue weighted by atomic mass is 9.96. The van der Waals surface area contributed by atoms with Crippen molar-refractivity contribution in [1.29, 1.82) is 0 Å². The number of carbonyl (C=O) groups is 2. The number of nitrogens with one attached hydrogen (secondary N) is 1. The minimum absolute atomic E-state index is 0.118. The van der Waals surface area contributed by atoms with E-state index in [-0.39, 0.29) is 18.4 Å². The zero-order valence-electron chi connectivity index (χ0n) is 11.1. The summed E-state index contributed by atoms with van der Waals surface area (Å²) in [5.41, 5.74) is 0.898. The second-order valence-electron chi connectivity index (χ2n) is 4.95. The van der Waals surface area contributed by atoms with Gasteiger partial charge in [0.15, 0.2) is 0 Å². The van der Waals surface area contributed by atoms with E-state index in [9.17, 15) is 9.59 Å². The Balaban J connectivity index is 1.95. The van der Waals surface area contributed by atoms with Gasteiger partial charge >= 0.3 is 5.97 Å². The summed E-state index contributed by atoms with van der Waals surface area (Å²) in [6.45, 7) is 1.96. The molecule has 0 radical (unpaired) electrons. The first-order valence-electron chi connectivity index (χ1n) is 6.39. The highest BCUT2D eigenvalue weighted by atomic mass is 35.5. The largest absolute Gasteiger partial charge is 0.492 e. The van der Waals surface area contributed by atoms with Crippen LogP contribution in [0.1, 0.15) is 12.5 Å². The Morgan fingerprint density at radius 3 is 3.00 bits per heavy atom. The SMILES string of the molecule is CC(CNC(=O)C1COc2ccc(Cl)cc2C1)C(=O)O. The Kier molecular flexibility index (Phi) is 4.49. The van der Waals surface area contributed by atoms with E-state index in [4.69, 9.17) is 21.4 Å². The lowest BCUT2D eigenvalue weighted by Gasteiger charge is -2.25. The number of carboxylic acids is 1. The molecule has 1 aromatic carbocycles. The molecule has 1 aromatic rings. The standard InChI is InChI=1S/C14H16ClNO4/c1-8(14(18)19)6-16-13(17)10-4-9-5-11(15)2-3-12(9)20-7-10/h2-3,5,8,10H,4,6-7H2,1H3,(H,16,17)(H,18,19). The Bertz CT molecular complexity index is 532. The summed E-state index contributed by atoms with van der Waals surface area (Å²) >= 11 is 5.92. The number of fused-ring (bicyclic) bond motifs is 1. The van der Waals surface area contributed by atoms with E-state index in [0.717, 1.165) is 11.3 Å². The van der Waals surface area contributed by atoms with Crippen molar-refractivity contribution in [3.05, 3.63) is 28.8 Å². The molecule has 0 aromatic heterocycles. The monoisotopic (exact) mass is 297 g/mol. The molecule has 5 nitrogen and oxygen atoms in total. The van der Waals surface area contributed by atoms with Crippen LogP contribution >= 0.6 is 11.6 Å². The van der Waals surface area contributed by atoms with E-state index in [1.807, 2.05) is 0 Å². The van der Waals surface area contributed by atoms with Crippen LogP contribution in [-0.2, 0) is 16.0 Å². The Morgan fingerprint density at radius 1 is 1.55 bits per heavy atom. The first-order chi connectivity index (χ1) is 9.47. The van der Waals surface area contributed by atoms with Gasteiger partial charge in [0.05, 0.1) is 11.8 Å². The van der Waals surface area contributed by atoms with Crippen molar-refractivity contribution >= 4 is 23.5 Å². The van der Waals surface area contributed by atoms with E-state index >= 15 is 0 Å². The minimum atomic E-state index is -0.928. The number of aliphatic carboxylic acids is 1. The maximum Gasteiger partial charge on any atom is 0.308 e. The quantitative estimate of drug-likeness (QED) is 0.887. The van der Waals surface area contributed by atoms with Crippen molar-refractivity contribution in [3.63, 3.8) is 0 Å².